The molecule has 1 aromatic rings. The van der Waals surface area contributed by atoms with Crippen molar-refractivity contribution in [1.82, 2.24) is 10.3 Å². The Morgan fingerprint density at radius 3 is 3.00 bits per heavy atom. The van der Waals surface area contributed by atoms with Gasteiger partial charge >= 0.3 is 0 Å². The quantitative estimate of drug-likeness (QED) is 0.824. The highest BCUT2D eigenvalue weighted by atomic mass is 32.1. The summed E-state index contributed by atoms with van der Waals surface area (Å²) < 4.78 is 0. The van der Waals surface area contributed by atoms with E-state index < -0.39 is 0 Å². The Labute approximate surface area is 88.7 Å². The predicted octanol–water partition coefficient (Wildman–Crippen LogP) is 2.27. The van der Waals surface area contributed by atoms with Crippen molar-refractivity contribution in [2.75, 3.05) is 13.6 Å². The predicted molar refractivity (Wildman–Crippen MR) is 59.1 cm³/mol. The fraction of sp³-hybridized carbons (Fsp3) is 0.727. The standard InChI is InChI=1S/C11H16N2S/c1-12-6-8-4-5-9-10(8)13-11(14-9)7-2-3-7/h7-8,12H,2-6H2,1H3. The number of fused-ring (bicyclic) bond motifs is 1. The molecule has 14 heavy (non-hydrogen) atoms. The molecule has 1 fully saturated rings. The zero-order chi connectivity index (χ0) is 9.54. The minimum atomic E-state index is 0.693. The van der Waals surface area contributed by atoms with Gasteiger partial charge in [-0.15, -0.1) is 11.3 Å². The number of aromatic nitrogens is 1. The molecule has 0 bridgehead atoms. The lowest BCUT2D eigenvalue weighted by Crippen LogP contribution is -2.15. The summed E-state index contributed by atoms with van der Waals surface area (Å²) in [6.07, 6.45) is 5.33. The van der Waals surface area contributed by atoms with Gasteiger partial charge in [-0.05, 0) is 32.7 Å². The van der Waals surface area contributed by atoms with Gasteiger partial charge in [-0.3, -0.25) is 0 Å². The Morgan fingerprint density at radius 2 is 2.29 bits per heavy atom. The summed E-state index contributed by atoms with van der Waals surface area (Å²) in [7, 11) is 2.03. The lowest BCUT2D eigenvalue weighted by Gasteiger charge is -2.06. The Balaban J connectivity index is 1.86. The number of aryl methyl sites for hydroxylation is 1. The Hall–Kier alpha value is -0.410. The van der Waals surface area contributed by atoms with Crippen molar-refractivity contribution in [1.29, 1.82) is 0 Å². The SMILES string of the molecule is CNCC1CCc2sc(C3CC3)nc21. The number of thiazole rings is 1. The molecule has 0 amide bonds. The van der Waals surface area contributed by atoms with Crippen molar-refractivity contribution >= 4 is 11.3 Å². The molecule has 2 nitrogen and oxygen atoms in total. The molecule has 0 spiro atoms. The molecule has 1 N–H and O–H groups in total. The van der Waals surface area contributed by atoms with E-state index in [0.717, 1.165) is 12.5 Å². The van der Waals surface area contributed by atoms with Gasteiger partial charge in [0, 0.05) is 23.3 Å². The maximum atomic E-state index is 4.83. The second-order valence-electron chi connectivity index (χ2n) is 4.43. The lowest BCUT2D eigenvalue weighted by molar-refractivity contribution is 0.611. The van der Waals surface area contributed by atoms with E-state index in [1.807, 2.05) is 18.4 Å². The molecular formula is C11H16N2S. The van der Waals surface area contributed by atoms with Gasteiger partial charge in [0.25, 0.3) is 0 Å². The summed E-state index contributed by atoms with van der Waals surface area (Å²) in [5.74, 6) is 1.53. The van der Waals surface area contributed by atoms with E-state index in [-0.39, 0.29) is 0 Å². The first kappa shape index (κ1) is 8.86. The largest absolute Gasteiger partial charge is 0.319 e. The molecule has 2 aliphatic carbocycles. The van der Waals surface area contributed by atoms with Gasteiger partial charge in [-0.25, -0.2) is 4.98 Å². The smallest absolute Gasteiger partial charge is 0.0962 e. The molecule has 0 saturated heterocycles. The van der Waals surface area contributed by atoms with Crippen LogP contribution in [0.4, 0.5) is 0 Å². The van der Waals surface area contributed by atoms with Crippen LogP contribution in [0.15, 0.2) is 0 Å². The first-order valence-electron chi connectivity index (χ1n) is 5.52. The Morgan fingerprint density at radius 1 is 1.43 bits per heavy atom. The van der Waals surface area contributed by atoms with Gasteiger partial charge in [-0.1, -0.05) is 0 Å². The Kier molecular flexibility index (Phi) is 2.10. The van der Waals surface area contributed by atoms with Gasteiger partial charge in [0.1, 0.15) is 0 Å². The highest BCUT2D eigenvalue weighted by Gasteiger charge is 2.32. The van der Waals surface area contributed by atoms with Crippen LogP contribution in [-0.2, 0) is 6.42 Å². The number of hydrogen-bond acceptors (Lipinski definition) is 3. The molecule has 3 heteroatoms. The molecule has 3 rings (SSSR count). The zero-order valence-electron chi connectivity index (χ0n) is 8.55. The average Bonchev–Trinajstić information content (AvgIpc) is 2.84. The number of hydrogen-bond donors (Lipinski definition) is 1. The number of nitrogens with zero attached hydrogens (tertiary/aromatic N) is 1. The third kappa shape index (κ3) is 1.39. The molecule has 2 aliphatic rings. The van der Waals surface area contributed by atoms with Crippen LogP contribution in [0.5, 0.6) is 0 Å². The molecule has 0 radical (unpaired) electrons. The fourth-order valence-corrected chi connectivity index (χ4v) is 3.61. The van der Waals surface area contributed by atoms with Crippen molar-refractivity contribution in [2.24, 2.45) is 0 Å². The molecule has 1 unspecified atom stereocenters. The minimum Gasteiger partial charge on any atom is -0.319 e. The van der Waals surface area contributed by atoms with E-state index in [1.165, 1.54) is 36.4 Å². The van der Waals surface area contributed by atoms with Crippen LogP contribution in [0, 0.1) is 0 Å². The van der Waals surface area contributed by atoms with Crippen molar-refractivity contribution in [3.63, 3.8) is 0 Å². The fourth-order valence-electron chi connectivity index (χ4n) is 2.27. The number of likely N-dealkylation sites (N-methyl/N-ethyl adjacent to an activating group) is 1. The average molecular weight is 208 g/mol. The van der Waals surface area contributed by atoms with E-state index in [9.17, 15) is 0 Å². The van der Waals surface area contributed by atoms with Gasteiger partial charge < -0.3 is 5.32 Å². The van der Waals surface area contributed by atoms with Gasteiger partial charge in [0.2, 0.25) is 0 Å². The van der Waals surface area contributed by atoms with Crippen LogP contribution in [0.3, 0.4) is 0 Å². The van der Waals surface area contributed by atoms with Gasteiger partial charge in [0.05, 0.1) is 10.7 Å². The van der Waals surface area contributed by atoms with E-state index in [2.05, 4.69) is 5.32 Å². The monoisotopic (exact) mass is 208 g/mol. The number of nitrogens with one attached hydrogen (secondary N) is 1. The first-order chi connectivity index (χ1) is 6.88. The molecule has 0 aliphatic heterocycles. The topological polar surface area (TPSA) is 24.9 Å². The van der Waals surface area contributed by atoms with Crippen LogP contribution >= 0.6 is 11.3 Å². The van der Waals surface area contributed by atoms with Crippen LogP contribution in [0.1, 0.15) is 46.7 Å². The summed E-state index contributed by atoms with van der Waals surface area (Å²) in [5, 5.41) is 4.70. The minimum absolute atomic E-state index is 0.693. The first-order valence-corrected chi connectivity index (χ1v) is 6.34. The van der Waals surface area contributed by atoms with E-state index in [1.54, 1.807) is 4.88 Å². The van der Waals surface area contributed by atoms with Crippen molar-refractivity contribution < 1.29 is 0 Å². The summed E-state index contributed by atoms with van der Waals surface area (Å²) >= 11 is 1.98. The van der Waals surface area contributed by atoms with Crippen molar-refractivity contribution in [3.05, 3.63) is 15.6 Å². The third-order valence-electron chi connectivity index (χ3n) is 3.23. The van der Waals surface area contributed by atoms with E-state index >= 15 is 0 Å². The van der Waals surface area contributed by atoms with Crippen LogP contribution in [0.25, 0.3) is 0 Å². The molecular weight excluding hydrogens is 192 g/mol. The Bertz CT molecular complexity index is 341. The second kappa shape index (κ2) is 3.31. The molecule has 0 aromatic carbocycles. The maximum absolute atomic E-state index is 4.83. The van der Waals surface area contributed by atoms with Crippen molar-refractivity contribution in [3.8, 4) is 0 Å². The summed E-state index contributed by atoms with van der Waals surface area (Å²) in [6, 6.07) is 0. The molecule has 1 aromatic heterocycles. The van der Waals surface area contributed by atoms with Crippen LogP contribution in [0.2, 0.25) is 0 Å². The molecule has 1 atom stereocenters. The highest BCUT2D eigenvalue weighted by Crippen LogP contribution is 2.45. The van der Waals surface area contributed by atoms with E-state index in [4.69, 9.17) is 4.98 Å². The molecule has 1 saturated carbocycles. The second-order valence-corrected chi connectivity index (χ2v) is 5.54. The van der Waals surface area contributed by atoms with E-state index in [0.29, 0.717) is 5.92 Å². The number of rotatable bonds is 3. The summed E-state index contributed by atoms with van der Waals surface area (Å²) in [6.45, 7) is 1.10. The van der Waals surface area contributed by atoms with Gasteiger partial charge in [0.15, 0.2) is 0 Å². The van der Waals surface area contributed by atoms with Crippen LogP contribution < -0.4 is 5.32 Å². The third-order valence-corrected chi connectivity index (χ3v) is 4.52. The van der Waals surface area contributed by atoms with Gasteiger partial charge in [-0.2, -0.15) is 0 Å². The molecule has 76 valence electrons. The molecule has 1 heterocycles. The maximum Gasteiger partial charge on any atom is 0.0962 e. The summed E-state index contributed by atoms with van der Waals surface area (Å²) in [5.41, 5.74) is 1.42. The normalized spacial score (nSPS) is 25.4. The zero-order valence-corrected chi connectivity index (χ0v) is 9.36. The summed E-state index contributed by atoms with van der Waals surface area (Å²) in [4.78, 5) is 6.41. The highest BCUT2D eigenvalue weighted by molar-refractivity contribution is 7.11. The van der Waals surface area contributed by atoms with Crippen LogP contribution in [-0.4, -0.2) is 18.6 Å². The lowest BCUT2D eigenvalue weighted by atomic mass is 10.1. The van der Waals surface area contributed by atoms with Crippen molar-refractivity contribution in [2.45, 2.75) is 37.5 Å².